The van der Waals surface area contributed by atoms with Crippen molar-refractivity contribution in [1.29, 1.82) is 0 Å². The zero-order valence-electron chi connectivity index (χ0n) is 17.3. The molecule has 2 aromatic carbocycles. The molecule has 0 spiro atoms. The third-order valence-electron chi connectivity index (χ3n) is 5.54. The van der Waals surface area contributed by atoms with Crippen LogP contribution in [0.25, 0.3) is 10.2 Å². The summed E-state index contributed by atoms with van der Waals surface area (Å²) in [6.07, 6.45) is 1.90. The highest BCUT2D eigenvalue weighted by Gasteiger charge is 2.28. The maximum Gasteiger partial charge on any atom is 0.269 e. The van der Waals surface area contributed by atoms with E-state index in [1.807, 2.05) is 6.07 Å². The summed E-state index contributed by atoms with van der Waals surface area (Å²) in [7, 11) is -3.55. The number of hydrazine groups is 1. The topological polar surface area (TPSA) is 110 Å². The Balaban J connectivity index is 1.25. The van der Waals surface area contributed by atoms with Gasteiger partial charge in [0.1, 0.15) is 0 Å². The van der Waals surface area contributed by atoms with Crippen LogP contribution in [-0.4, -0.2) is 43.5 Å². The van der Waals surface area contributed by atoms with Crippen molar-refractivity contribution in [3.8, 4) is 11.5 Å². The standard InChI is InChI=1S/C21H22N4O5S2/c1-13-3-2-8-25(11-13)32(27,28)15-6-4-14(5-7-15)20(26)23-24-21-22-16-9-17-18(30-12-29-17)10-19(16)31-21/h4-7,9-10,13H,2-3,8,11-12H2,1H3,(H,22,24)(H,23,26). The van der Waals surface area contributed by atoms with Crippen LogP contribution in [0.2, 0.25) is 0 Å². The van der Waals surface area contributed by atoms with Gasteiger partial charge in [-0.2, -0.15) is 4.31 Å². The molecule has 5 rings (SSSR count). The van der Waals surface area contributed by atoms with Crippen LogP contribution in [0.15, 0.2) is 41.3 Å². The lowest BCUT2D eigenvalue weighted by molar-refractivity contribution is 0.0962. The molecule has 1 amide bonds. The fourth-order valence-corrected chi connectivity index (χ4v) is 6.27. The summed E-state index contributed by atoms with van der Waals surface area (Å²) < 4.78 is 38.9. The predicted octanol–water partition coefficient (Wildman–Crippen LogP) is 3.20. The average Bonchev–Trinajstić information content (AvgIpc) is 3.41. The van der Waals surface area contributed by atoms with Gasteiger partial charge >= 0.3 is 0 Å². The van der Waals surface area contributed by atoms with Gasteiger partial charge in [-0.05, 0) is 43.0 Å². The lowest BCUT2D eigenvalue weighted by atomic mass is 10.0. The average molecular weight is 475 g/mol. The number of benzene rings is 2. The first-order valence-corrected chi connectivity index (χ1v) is 12.5. The summed E-state index contributed by atoms with van der Waals surface area (Å²) in [6.45, 7) is 3.31. The number of thiazole rings is 1. The number of carbonyl (C=O) groups excluding carboxylic acids is 1. The lowest BCUT2D eigenvalue weighted by Gasteiger charge is -2.30. The molecule has 2 aliphatic heterocycles. The SMILES string of the molecule is CC1CCCN(S(=O)(=O)c2ccc(C(=O)NNc3nc4cc5c(cc4s3)OCO5)cc2)C1. The summed E-state index contributed by atoms with van der Waals surface area (Å²) in [5.41, 5.74) is 6.48. The van der Waals surface area contributed by atoms with E-state index in [-0.39, 0.29) is 11.7 Å². The van der Waals surface area contributed by atoms with Gasteiger partial charge in [0, 0.05) is 30.8 Å². The first-order valence-electron chi connectivity index (χ1n) is 10.3. The van der Waals surface area contributed by atoms with Gasteiger partial charge in [0.15, 0.2) is 11.5 Å². The summed E-state index contributed by atoms with van der Waals surface area (Å²) in [6, 6.07) is 9.61. The number of nitrogens with zero attached hydrogens (tertiary/aromatic N) is 2. The number of amides is 1. The van der Waals surface area contributed by atoms with E-state index in [0.29, 0.717) is 41.2 Å². The molecule has 1 aromatic heterocycles. The number of fused-ring (bicyclic) bond motifs is 2. The van der Waals surface area contributed by atoms with E-state index >= 15 is 0 Å². The number of hydrogen-bond acceptors (Lipinski definition) is 8. The molecule has 1 saturated heterocycles. The van der Waals surface area contributed by atoms with Gasteiger partial charge in [0.05, 0.1) is 15.1 Å². The number of ether oxygens (including phenoxy) is 2. The van der Waals surface area contributed by atoms with Gasteiger partial charge in [-0.15, -0.1) is 0 Å². The minimum Gasteiger partial charge on any atom is -0.454 e. The van der Waals surface area contributed by atoms with Gasteiger partial charge in [-0.1, -0.05) is 18.3 Å². The Kier molecular flexibility index (Phi) is 5.39. The van der Waals surface area contributed by atoms with Crippen molar-refractivity contribution in [1.82, 2.24) is 14.7 Å². The second-order valence-electron chi connectivity index (χ2n) is 7.91. The van der Waals surface area contributed by atoms with E-state index < -0.39 is 15.9 Å². The Morgan fingerprint density at radius 2 is 1.94 bits per heavy atom. The number of piperidine rings is 1. The van der Waals surface area contributed by atoms with Gasteiger partial charge in [-0.25, -0.2) is 13.4 Å². The van der Waals surface area contributed by atoms with E-state index in [1.54, 1.807) is 6.07 Å². The number of anilines is 1. The third kappa shape index (κ3) is 3.98. The number of carbonyl (C=O) groups is 1. The van der Waals surface area contributed by atoms with Crippen molar-refractivity contribution in [3.05, 3.63) is 42.0 Å². The van der Waals surface area contributed by atoms with E-state index in [2.05, 4.69) is 22.8 Å². The smallest absolute Gasteiger partial charge is 0.269 e. The number of aromatic nitrogens is 1. The van der Waals surface area contributed by atoms with Crippen LogP contribution in [0.3, 0.4) is 0 Å². The van der Waals surface area contributed by atoms with E-state index in [4.69, 9.17) is 9.47 Å². The summed E-state index contributed by atoms with van der Waals surface area (Å²) >= 11 is 1.36. The Labute approximate surface area is 189 Å². The quantitative estimate of drug-likeness (QED) is 0.547. The predicted molar refractivity (Wildman–Crippen MR) is 120 cm³/mol. The van der Waals surface area contributed by atoms with Crippen molar-refractivity contribution >= 4 is 42.6 Å². The van der Waals surface area contributed by atoms with E-state index in [0.717, 1.165) is 23.1 Å². The Morgan fingerprint density at radius 1 is 1.19 bits per heavy atom. The highest BCUT2D eigenvalue weighted by Crippen LogP contribution is 2.38. The fourth-order valence-electron chi connectivity index (χ4n) is 3.85. The first kappa shape index (κ1) is 21.0. The van der Waals surface area contributed by atoms with Crippen molar-refractivity contribution in [2.45, 2.75) is 24.7 Å². The molecule has 0 bridgehead atoms. The molecule has 2 aliphatic rings. The van der Waals surface area contributed by atoms with Crippen LogP contribution in [0.1, 0.15) is 30.1 Å². The normalized spacial score (nSPS) is 18.6. The maximum absolute atomic E-state index is 12.9. The van der Waals surface area contributed by atoms with Gasteiger partial charge < -0.3 is 9.47 Å². The van der Waals surface area contributed by atoms with Crippen molar-refractivity contribution in [3.63, 3.8) is 0 Å². The zero-order chi connectivity index (χ0) is 22.3. The van der Waals surface area contributed by atoms with Crippen LogP contribution >= 0.6 is 11.3 Å². The highest BCUT2D eigenvalue weighted by atomic mass is 32.2. The number of nitrogens with one attached hydrogen (secondary N) is 2. The lowest BCUT2D eigenvalue weighted by Crippen LogP contribution is -2.39. The molecular weight excluding hydrogens is 452 g/mol. The molecule has 0 radical (unpaired) electrons. The molecule has 32 heavy (non-hydrogen) atoms. The van der Waals surface area contributed by atoms with Crippen LogP contribution in [0.4, 0.5) is 5.13 Å². The van der Waals surface area contributed by atoms with Crippen molar-refractivity contribution < 1.29 is 22.7 Å². The summed E-state index contributed by atoms with van der Waals surface area (Å²) in [4.78, 5) is 17.1. The highest BCUT2D eigenvalue weighted by molar-refractivity contribution is 7.89. The molecule has 168 valence electrons. The summed E-state index contributed by atoms with van der Waals surface area (Å²) in [5.74, 6) is 1.27. The van der Waals surface area contributed by atoms with Crippen molar-refractivity contribution in [2.24, 2.45) is 5.92 Å². The fraction of sp³-hybridized carbons (Fsp3) is 0.333. The molecular formula is C21H22N4O5S2. The van der Waals surface area contributed by atoms with Crippen molar-refractivity contribution in [2.75, 3.05) is 25.3 Å². The first-order chi connectivity index (χ1) is 15.4. The monoisotopic (exact) mass is 474 g/mol. The Morgan fingerprint density at radius 3 is 2.69 bits per heavy atom. The van der Waals surface area contributed by atoms with Gasteiger partial charge in [0.2, 0.25) is 21.9 Å². The van der Waals surface area contributed by atoms with Gasteiger partial charge in [-0.3, -0.25) is 15.6 Å². The van der Waals surface area contributed by atoms with Crippen LogP contribution in [-0.2, 0) is 10.0 Å². The van der Waals surface area contributed by atoms with Gasteiger partial charge in [0.25, 0.3) is 5.91 Å². The van der Waals surface area contributed by atoms with E-state index in [9.17, 15) is 13.2 Å². The number of rotatable bonds is 5. The minimum absolute atomic E-state index is 0.194. The van der Waals surface area contributed by atoms with Crippen LogP contribution in [0.5, 0.6) is 11.5 Å². The molecule has 1 unspecified atom stereocenters. The maximum atomic E-state index is 12.9. The summed E-state index contributed by atoms with van der Waals surface area (Å²) in [5, 5.41) is 0.510. The molecule has 1 atom stereocenters. The van der Waals surface area contributed by atoms with E-state index in [1.165, 1.54) is 39.9 Å². The molecule has 11 heteroatoms. The third-order valence-corrected chi connectivity index (χ3v) is 8.35. The second kappa shape index (κ2) is 8.23. The Bertz CT molecular complexity index is 1230. The van der Waals surface area contributed by atoms with Crippen LogP contribution < -0.4 is 20.3 Å². The molecule has 3 aromatic rings. The number of sulfonamides is 1. The molecule has 9 nitrogen and oxygen atoms in total. The molecule has 0 aliphatic carbocycles. The Hall–Kier alpha value is -2.89. The molecule has 3 heterocycles. The molecule has 1 fully saturated rings. The zero-order valence-corrected chi connectivity index (χ0v) is 19.0. The largest absolute Gasteiger partial charge is 0.454 e. The van der Waals surface area contributed by atoms with Crippen LogP contribution in [0, 0.1) is 5.92 Å². The number of hydrogen-bond donors (Lipinski definition) is 2. The molecule has 0 saturated carbocycles. The minimum atomic E-state index is -3.55. The molecule has 2 N–H and O–H groups in total. The second-order valence-corrected chi connectivity index (χ2v) is 10.9.